The highest BCUT2D eigenvalue weighted by atomic mass is 16.2. The average Bonchev–Trinajstić information content (AvgIpc) is 2.49. The number of anilines is 1. The standard InChI is InChI=1S/C16H16N4O/c1-12(17)15(20-19-14-10-6-3-7-11-14)16(21)18-13-8-4-2-5-9-13/h2-11,15,17H,1H3,(H,18,21). The Bertz CT molecular complexity index is 638. The number of nitrogens with zero attached hydrogens (tertiary/aromatic N) is 2. The molecular weight excluding hydrogens is 264 g/mol. The van der Waals surface area contributed by atoms with E-state index in [2.05, 4.69) is 15.5 Å². The lowest BCUT2D eigenvalue weighted by molar-refractivity contribution is -0.116. The Hall–Kier alpha value is -2.82. The molecule has 0 aromatic heterocycles. The zero-order chi connectivity index (χ0) is 15.1. The molecule has 5 heteroatoms. The zero-order valence-electron chi connectivity index (χ0n) is 11.7. The van der Waals surface area contributed by atoms with Gasteiger partial charge in [-0.3, -0.25) is 4.79 Å². The van der Waals surface area contributed by atoms with Gasteiger partial charge in [-0.25, -0.2) is 0 Å². The van der Waals surface area contributed by atoms with Crippen LogP contribution in [0.15, 0.2) is 70.9 Å². The molecule has 0 fully saturated rings. The molecule has 21 heavy (non-hydrogen) atoms. The molecule has 1 unspecified atom stereocenters. The third kappa shape index (κ3) is 4.35. The van der Waals surface area contributed by atoms with Gasteiger partial charge < -0.3 is 10.7 Å². The summed E-state index contributed by atoms with van der Waals surface area (Å²) in [4.78, 5) is 12.2. The van der Waals surface area contributed by atoms with Gasteiger partial charge in [-0.1, -0.05) is 36.4 Å². The van der Waals surface area contributed by atoms with Crippen molar-refractivity contribution in [2.24, 2.45) is 10.2 Å². The average molecular weight is 280 g/mol. The van der Waals surface area contributed by atoms with E-state index in [0.29, 0.717) is 11.4 Å². The monoisotopic (exact) mass is 280 g/mol. The van der Waals surface area contributed by atoms with Crippen molar-refractivity contribution >= 4 is 23.0 Å². The Kier molecular flexibility index (Phi) is 4.93. The summed E-state index contributed by atoms with van der Waals surface area (Å²) in [6.45, 7) is 1.54. The number of rotatable bonds is 5. The van der Waals surface area contributed by atoms with Crippen molar-refractivity contribution < 1.29 is 4.79 Å². The molecule has 1 amide bonds. The maximum Gasteiger partial charge on any atom is 0.256 e. The van der Waals surface area contributed by atoms with Crippen LogP contribution in [0.25, 0.3) is 0 Å². The van der Waals surface area contributed by atoms with Crippen molar-refractivity contribution in [1.29, 1.82) is 5.41 Å². The minimum Gasteiger partial charge on any atom is -0.324 e. The zero-order valence-corrected chi connectivity index (χ0v) is 11.7. The van der Waals surface area contributed by atoms with Gasteiger partial charge in [-0.05, 0) is 31.2 Å². The van der Waals surface area contributed by atoms with Gasteiger partial charge in [-0.2, -0.15) is 10.2 Å². The second-order valence-corrected chi connectivity index (χ2v) is 4.49. The molecule has 0 saturated carbocycles. The van der Waals surface area contributed by atoms with Crippen LogP contribution in [0.4, 0.5) is 11.4 Å². The van der Waals surface area contributed by atoms with Crippen LogP contribution in [0, 0.1) is 5.41 Å². The van der Waals surface area contributed by atoms with Crippen LogP contribution in [0.2, 0.25) is 0 Å². The van der Waals surface area contributed by atoms with Gasteiger partial charge in [0.05, 0.1) is 5.69 Å². The van der Waals surface area contributed by atoms with Gasteiger partial charge >= 0.3 is 0 Å². The molecule has 2 N–H and O–H groups in total. The van der Waals surface area contributed by atoms with Crippen molar-refractivity contribution in [3.05, 3.63) is 60.7 Å². The van der Waals surface area contributed by atoms with E-state index < -0.39 is 6.04 Å². The van der Waals surface area contributed by atoms with Crippen LogP contribution in [-0.2, 0) is 4.79 Å². The van der Waals surface area contributed by atoms with Crippen molar-refractivity contribution in [2.75, 3.05) is 5.32 Å². The second-order valence-electron chi connectivity index (χ2n) is 4.49. The summed E-state index contributed by atoms with van der Waals surface area (Å²) in [5.41, 5.74) is 1.46. The number of nitrogens with one attached hydrogen (secondary N) is 2. The van der Waals surface area contributed by atoms with Gasteiger partial charge in [0.15, 0.2) is 6.04 Å². The van der Waals surface area contributed by atoms with Crippen LogP contribution < -0.4 is 5.32 Å². The van der Waals surface area contributed by atoms with Crippen LogP contribution >= 0.6 is 0 Å². The highest BCUT2D eigenvalue weighted by Crippen LogP contribution is 2.13. The normalized spacial score (nSPS) is 12.0. The van der Waals surface area contributed by atoms with Gasteiger partial charge in [0.25, 0.3) is 5.91 Å². The molecule has 0 radical (unpaired) electrons. The minimum atomic E-state index is -0.926. The smallest absolute Gasteiger partial charge is 0.256 e. The Morgan fingerprint density at radius 3 is 2.19 bits per heavy atom. The van der Waals surface area contributed by atoms with Crippen LogP contribution in [0.1, 0.15) is 6.92 Å². The summed E-state index contributed by atoms with van der Waals surface area (Å²) < 4.78 is 0. The maximum absolute atomic E-state index is 12.2. The lowest BCUT2D eigenvalue weighted by Crippen LogP contribution is -2.31. The first kappa shape index (κ1) is 14.6. The Balaban J connectivity index is 2.10. The van der Waals surface area contributed by atoms with E-state index >= 15 is 0 Å². The predicted molar refractivity (Wildman–Crippen MR) is 83.2 cm³/mol. The Morgan fingerprint density at radius 2 is 1.62 bits per heavy atom. The van der Waals surface area contributed by atoms with Gasteiger partial charge in [0.1, 0.15) is 0 Å². The first-order chi connectivity index (χ1) is 10.2. The molecule has 0 bridgehead atoms. The van der Waals surface area contributed by atoms with E-state index in [1.807, 2.05) is 36.4 Å². The molecule has 106 valence electrons. The van der Waals surface area contributed by atoms with Gasteiger partial charge in [0, 0.05) is 11.4 Å². The third-order valence-electron chi connectivity index (χ3n) is 2.74. The van der Waals surface area contributed by atoms with Gasteiger partial charge in [-0.15, -0.1) is 0 Å². The molecule has 0 aliphatic carbocycles. The van der Waals surface area contributed by atoms with Crippen molar-refractivity contribution in [1.82, 2.24) is 0 Å². The van der Waals surface area contributed by atoms with E-state index in [1.165, 1.54) is 0 Å². The van der Waals surface area contributed by atoms with Crippen molar-refractivity contribution in [3.63, 3.8) is 0 Å². The number of amides is 1. The summed E-state index contributed by atoms with van der Waals surface area (Å²) in [5.74, 6) is -0.367. The summed E-state index contributed by atoms with van der Waals surface area (Å²) in [7, 11) is 0. The van der Waals surface area contributed by atoms with E-state index in [0.717, 1.165) is 0 Å². The van der Waals surface area contributed by atoms with Gasteiger partial charge in [0.2, 0.25) is 0 Å². The molecule has 0 saturated heterocycles. The highest BCUT2D eigenvalue weighted by molar-refractivity contribution is 6.11. The maximum atomic E-state index is 12.2. The molecule has 2 aromatic carbocycles. The molecule has 2 rings (SSSR count). The van der Waals surface area contributed by atoms with Crippen LogP contribution in [-0.4, -0.2) is 17.7 Å². The molecule has 5 nitrogen and oxygen atoms in total. The quantitative estimate of drug-likeness (QED) is 0.634. The highest BCUT2D eigenvalue weighted by Gasteiger charge is 2.20. The number of carbonyl (C=O) groups excluding carboxylic acids is 1. The largest absolute Gasteiger partial charge is 0.324 e. The molecular formula is C16H16N4O. The van der Waals surface area contributed by atoms with Crippen molar-refractivity contribution in [3.8, 4) is 0 Å². The first-order valence-corrected chi connectivity index (χ1v) is 6.53. The fraction of sp³-hybridized carbons (Fsp3) is 0.125. The summed E-state index contributed by atoms with van der Waals surface area (Å²) in [6, 6.07) is 17.3. The van der Waals surface area contributed by atoms with E-state index in [4.69, 9.17) is 5.41 Å². The predicted octanol–water partition coefficient (Wildman–Crippen LogP) is 3.82. The molecule has 0 heterocycles. The van der Waals surface area contributed by atoms with E-state index in [9.17, 15) is 4.79 Å². The SMILES string of the molecule is CC(=N)C(N=Nc1ccccc1)C(=O)Nc1ccccc1. The Labute approximate surface area is 123 Å². The lowest BCUT2D eigenvalue weighted by Gasteiger charge is -2.10. The van der Waals surface area contributed by atoms with Crippen LogP contribution in [0.5, 0.6) is 0 Å². The number of azo groups is 1. The number of para-hydroxylation sites is 1. The Morgan fingerprint density at radius 1 is 1.05 bits per heavy atom. The second kappa shape index (κ2) is 7.09. The number of benzene rings is 2. The molecule has 2 aromatic rings. The molecule has 0 aliphatic rings. The molecule has 0 spiro atoms. The van der Waals surface area contributed by atoms with Crippen LogP contribution in [0.3, 0.4) is 0 Å². The molecule has 0 aliphatic heterocycles. The fourth-order valence-corrected chi connectivity index (χ4v) is 1.69. The van der Waals surface area contributed by atoms with E-state index in [1.54, 1.807) is 31.2 Å². The summed E-state index contributed by atoms with van der Waals surface area (Å²) >= 11 is 0. The number of hydrogen-bond acceptors (Lipinski definition) is 4. The first-order valence-electron chi connectivity index (χ1n) is 6.53. The van der Waals surface area contributed by atoms with E-state index in [-0.39, 0.29) is 11.6 Å². The lowest BCUT2D eigenvalue weighted by atomic mass is 10.2. The number of hydrogen-bond donors (Lipinski definition) is 2. The topological polar surface area (TPSA) is 77.7 Å². The third-order valence-corrected chi connectivity index (χ3v) is 2.74. The minimum absolute atomic E-state index is 0.142. The summed E-state index contributed by atoms with van der Waals surface area (Å²) in [5, 5.41) is 18.4. The number of carbonyl (C=O) groups is 1. The summed E-state index contributed by atoms with van der Waals surface area (Å²) in [6.07, 6.45) is 0. The van der Waals surface area contributed by atoms with Crippen molar-refractivity contribution in [2.45, 2.75) is 13.0 Å². The molecule has 1 atom stereocenters. The fourth-order valence-electron chi connectivity index (χ4n) is 1.69.